The number of halogens is 2. The molecule has 0 aliphatic carbocycles. The standard InChI is InChI=1S/C20H27FN4O.ClH/c1-14(2)19-18(13-23-25(19)17-6-4-16(21)5-7-17)20(26)24-10-8-15(9-11-24)12-22-3;/h4-7,13-15,22H,8-12H2,1-3H3;1H. The summed E-state index contributed by atoms with van der Waals surface area (Å²) in [5, 5.41) is 7.65. The van der Waals surface area contributed by atoms with Crippen LogP contribution in [0.4, 0.5) is 4.39 Å². The van der Waals surface area contributed by atoms with Gasteiger partial charge < -0.3 is 10.2 Å². The van der Waals surface area contributed by atoms with E-state index >= 15 is 0 Å². The molecule has 1 amide bonds. The maximum atomic E-state index is 13.2. The number of nitrogens with one attached hydrogen (secondary N) is 1. The van der Waals surface area contributed by atoms with Crippen LogP contribution in [-0.2, 0) is 0 Å². The van der Waals surface area contributed by atoms with Crippen LogP contribution in [0.15, 0.2) is 30.5 Å². The average Bonchev–Trinajstić information content (AvgIpc) is 3.08. The molecule has 0 atom stereocenters. The van der Waals surface area contributed by atoms with Gasteiger partial charge in [0.25, 0.3) is 5.91 Å². The highest BCUT2D eigenvalue weighted by atomic mass is 35.5. The lowest BCUT2D eigenvalue weighted by Gasteiger charge is -2.32. The number of likely N-dealkylation sites (tertiary alicyclic amines) is 1. The van der Waals surface area contributed by atoms with E-state index < -0.39 is 0 Å². The minimum absolute atomic E-state index is 0. The zero-order valence-corrected chi connectivity index (χ0v) is 16.9. The Morgan fingerprint density at radius 2 is 1.89 bits per heavy atom. The molecular weight excluding hydrogens is 367 g/mol. The number of amides is 1. The van der Waals surface area contributed by atoms with Gasteiger partial charge in [-0.15, -0.1) is 12.4 Å². The van der Waals surface area contributed by atoms with Crippen LogP contribution in [0.1, 0.15) is 48.7 Å². The van der Waals surface area contributed by atoms with Crippen LogP contribution in [0.2, 0.25) is 0 Å². The van der Waals surface area contributed by atoms with Gasteiger partial charge in [0.2, 0.25) is 0 Å². The van der Waals surface area contributed by atoms with Crippen molar-refractivity contribution in [1.29, 1.82) is 0 Å². The summed E-state index contributed by atoms with van der Waals surface area (Å²) < 4.78 is 15.0. The third-order valence-corrected chi connectivity index (χ3v) is 5.05. The highest BCUT2D eigenvalue weighted by Crippen LogP contribution is 2.26. The highest BCUT2D eigenvalue weighted by molar-refractivity contribution is 5.95. The first kappa shape index (κ1) is 21.4. The quantitative estimate of drug-likeness (QED) is 0.842. The molecule has 1 saturated heterocycles. The molecule has 5 nitrogen and oxygen atoms in total. The zero-order valence-electron chi connectivity index (χ0n) is 16.1. The normalized spacial score (nSPS) is 15.1. The van der Waals surface area contributed by atoms with E-state index in [1.165, 1.54) is 12.1 Å². The topological polar surface area (TPSA) is 50.2 Å². The Morgan fingerprint density at radius 1 is 1.26 bits per heavy atom. The number of carbonyl (C=O) groups is 1. The van der Waals surface area contributed by atoms with Gasteiger partial charge in [0, 0.05) is 13.1 Å². The minimum atomic E-state index is -0.284. The molecule has 1 aromatic heterocycles. The number of aromatic nitrogens is 2. The van der Waals surface area contributed by atoms with Gasteiger partial charge in [-0.25, -0.2) is 9.07 Å². The van der Waals surface area contributed by atoms with Gasteiger partial charge >= 0.3 is 0 Å². The molecule has 3 rings (SSSR count). The SMILES string of the molecule is CNCC1CCN(C(=O)c2cnn(-c3ccc(F)cc3)c2C(C)C)CC1.Cl. The van der Waals surface area contributed by atoms with Crippen LogP contribution in [0.3, 0.4) is 0 Å². The summed E-state index contributed by atoms with van der Waals surface area (Å²) in [6.07, 6.45) is 3.70. The van der Waals surface area contributed by atoms with Crippen molar-refractivity contribution >= 4 is 18.3 Å². The second kappa shape index (κ2) is 9.33. The van der Waals surface area contributed by atoms with Gasteiger partial charge in [-0.2, -0.15) is 5.10 Å². The van der Waals surface area contributed by atoms with Crippen LogP contribution in [-0.4, -0.2) is 47.3 Å². The Kier molecular flexibility index (Phi) is 7.39. The summed E-state index contributed by atoms with van der Waals surface area (Å²) in [4.78, 5) is 15.0. The van der Waals surface area contributed by atoms with Crippen molar-refractivity contribution in [3.8, 4) is 5.69 Å². The lowest BCUT2D eigenvalue weighted by Crippen LogP contribution is -2.40. The van der Waals surface area contributed by atoms with E-state index in [2.05, 4.69) is 10.4 Å². The third-order valence-electron chi connectivity index (χ3n) is 5.05. The molecule has 1 aliphatic rings. The fraction of sp³-hybridized carbons (Fsp3) is 0.500. The molecule has 0 bridgehead atoms. The van der Waals surface area contributed by atoms with Crippen molar-refractivity contribution in [3.05, 3.63) is 47.5 Å². The Morgan fingerprint density at radius 3 is 2.44 bits per heavy atom. The van der Waals surface area contributed by atoms with E-state index in [1.807, 2.05) is 25.8 Å². The zero-order chi connectivity index (χ0) is 18.7. The average molecular weight is 395 g/mol. The first-order chi connectivity index (χ1) is 12.5. The van der Waals surface area contributed by atoms with Crippen LogP contribution >= 0.6 is 12.4 Å². The van der Waals surface area contributed by atoms with Crippen molar-refractivity contribution in [2.75, 3.05) is 26.7 Å². The minimum Gasteiger partial charge on any atom is -0.339 e. The van der Waals surface area contributed by atoms with E-state index in [4.69, 9.17) is 0 Å². The number of hydrogen-bond acceptors (Lipinski definition) is 3. The summed E-state index contributed by atoms with van der Waals surface area (Å²) in [7, 11) is 1.97. The second-order valence-electron chi connectivity index (χ2n) is 7.28. The predicted octanol–water partition coefficient (Wildman–Crippen LogP) is 3.63. The molecule has 0 saturated carbocycles. The lowest BCUT2D eigenvalue weighted by atomic mass is 9.96. The summed E-state index contributed by atoms with van der Waals surface area (Å²) in [6.45, 7) is 6.66. The fourth-order valence-corrected chi connectivity index (χ4v) is 3.67. The van der Waals surface area contributed by atoms with Crippen LogP contribution in [0.25, 0.3) is 5.69 Å². The Labute approximate surface area is 166 Å². The van der Waals surface area contributed by atoms with Crippen molar-refractivity contribution < 1.29 is 9.18 Å². The van der Waals surface area contributed by atoms with E-state index in [0.717, 1.165) is 43.9 Å². The maximum Gasteiger partial charge on any atom is 0.257 e. The molecule has 0 spiro atoms. The molecule has 2 heterocycles. The number of benzene rings is 1. The maximum absolute atomic E-state index is 13.2. The smallest absolute Gasteiger partial charge is 0.257 e. The lowest BCUT2D eigenvalue weighted by molar-refractivity contribution is 0.0689. The van der Waals surface area contributed by atoms with Gasteiger partial charge in [-0.1, -0.05) is 13.8 Å². The predicted molar refractivity (Wildman–Crippen MR) is 107 cm³/mol. The molecule has 1 fully saturated rings. The molecule has 0 unspecified atom stereocenters. The number of nitrogens with zero attached hydrogens (tertiary/aromatic N) is 3. The van der Waals surface area contributed by atoms with Crippen molar-refractivity contribution in [2.24, 2.45) is 5.92 Å². The summed E-state index contributed by atoms with van der Waals surface area (Å²) in [5.74, 6) is 0.525. The van der Waals surface area contributed by atoms with Crippen molar-refractivity contribution in [1.82, 2.24) is 20.0 Å². The first-order valence-electron chi connectivity index (χ1n) is 9.29. The second-order valence-corrected chi connectivity index (χ2v) is 7.28. The summed E-state index contributed by atoms with van der Waals surface area (Å²) >= 11 is 0. The van der Waals surface area contributed by atoms with Crippen LogP contribution in [0.5, 0.6) is 0 Å². The number of carbonyl (C=O) groups excluding carboxylic acids is 1. The molecule has 1 N–H and O–H groups in total. The molecule has 27 heavy (non-hydrogen) atoms. The summed E-state index contributed by atoms with van der Waals surface area (Å²) in [5.41, 5.74) is 2.29. The molecule has 0 radical (unpaired) electrons. The van der Waals surface area contributed by atoms with Gasteiger partial charge in [0.15, 0.2) is 0 Å². The van der Waals surface area contributed by atoms with Gasteiger partial charge in [-0.3, -0.25) is 4.79 Å². The van der Waals surface area contributed by atoms with E-state index in [1.54, 1.807) is 23.0 Å². The monoisotopic (exact) mass is 394 g/mol. The first-order valence-corrected chi connectivity index (χ1v) is 9.29. The van der Waals surface area contributed by atoms with Gasteiger partial charge in [0.1, 0.15) is 5.82 Å². The summed E-state index contributed by atoms with van der Waals surface area (Å²) in [6, 6.07) is 6.20. The molecule has 148 valence electrons. The Hall–Kier alpha value is -1.92. The number of piperidine rings is 1. The highest BCUT2D eigenvalue weighted by Gasteiger charge is 2.28. The van der Waals surface area contributed by atoms with E-state index in [-0.39, 0.29) is 30.0 Å². The Bertz CT molecular complexity index is 752. The molecule has 2 aromatic rings. The largest absolute Gasteiger partial charge is 0.339 e. The van der Waals surface area contributed by atoms with Crippen molar-refractivity contribution in [2.45, 2.75) is 32.6 Å². The van der Waals surface area contributed by atoms with E-state index in [0.29, 0.717) is 11.5 Å². The van der Waals surface area contributed by atoms with Gasteiger partial charge in [0.05, 0.1) is 23.1 Å². The van der Waals surface area contributed by atoms with E-state index in [9.17, 15) is 9.18 Å². The molecule has 7 heteroatoms. The number of hydrogen-bond donors (Lipinski definition) is 1. The third kappa shape index (κ3) is 4.68. The van der Waals surface area contributed by atoms with Gasteiger partial charge in [-0.05, 0) is 62.5 Å². The van der Waals surface area contributed by atoms with Crippen LogP contribution < -0.4 is 5.32 Å². The van der Waals surface area contributed by atoms with Crippen LogP contribution in [0, 0.1) is 11.7 Å². The molecular formula is C20H28ClFN4O. The fourth-order valence-electron chi connectivity index (χ4n) is 3.67. The molecule has 1 aliphatic heterocycles. The number of rotatable bonds is 5. The Balaban J connectivity index is 0.00000261. The molecule has 1 aromatic carbocycles. The van der Waals surface area contributed by atoms with Crippen molar-refractivity contribution in [3.63, 3.8) is 0 Å².